The van der Waals surface area contributed by atoms with Crippen LogP contribution in [0.2, 0.25) is 0 Å². The van der Waals surface area contributed by atoms with Crippen molar-refractivity contribution in [1.29, 1.82) is 0 Å². The molecular formula is C18H27NO3. The fourth-order valence-electron chi connectivity index (χ4n) is 3.53. The summed E-state index contributed by atoms with van der Waals surface area (Å²) in [5.41, 5.74) is 1.18. The third-order valence-corrected chi connectivity index (χ3v) is 4.92. The topological polar surface area (TPSA) is 50.7 Å². The van der Waals surface area contributed by atoms with E-state index in [1.54, 1.807) is 0 Å². The van der Waals surface area contributed by atoms with Gasteiger partial charge in [0.05, 0.1) is 19.3 Å². The molecule has 122 valence electrons. The van der Waals surface area contributed by atoms with Crippen molar-refractivity contribution in [1.82, 2.24) is 5.32 Å². The normalized spacial score (nSPS) is 24.5. The molecule has 0 radical (unpaired) electrons. The van der Waals surface area contributed by atoms with Gasteiger partial charge in [-0.2, -0.15) is 0 Å². The summed E-state index contributed by atoms with van der Waals surface area (Å²) in [6.45, 7) is 3.52. The molecular weight excluding hydrogens is 278 g/mol. The van der Waals surface area contributed by atoms with Gasteiger partial charge in [0.15, 0.2) is 5.79 Å². The Morgan fingerprint density at radius 3 is 2.45 bits per heavy atom. The van der Waals surface area contributed by atoms with Gasteiger partial charge in [-0.05, 0) is 31.7 Å². The standard InChI is InChI=1S/C18H27NO3/c1-14(17(20)13-15-5-3-2-4-6-15)19-16-7-9-18(10-8-16)21-11-12-22-18/h2-6,14,16-17,19-20H,7-13H2,1H3/t14-,17+/m1/s1. The number of aliphatic hydroxyl groups is 1. The molecule has 1 heterocycles. The van der Waals surface area contributed by atoms with Crippen molar-refractivity contribution in [2.75, 3.05) is 13.2 Å². The molecule has 0 bridgehead atoms. The van der Waals surface area contributed by atoms with E-state index in [1.165, 1.54) is 5.56 Å². The summed E-state index contributed by atoms with van der Waals surface area (Å²) in [4.78, 5) is 0. The quantitative estimate of drug-likeness (QED) is 0.876. The lowest BCUT2D eigenvalue weighted by Crippen LogP contribution is -2.48. The van der Waals surface area contributed by atoms with Crippen molar-refractivity contribution < 1.29 is 14.6 Å². The first-order chi connectivity index (χ1) is 10.7. The van der Waals surface area contributed by atoms with Crippen LogP contribution in [0.3, 0.4) is 0 Å². The Kier molecular flexibility index (Phi) is 5.14. The summed E-state index contributed by atoms with van der Waals surface area (Å²) in [5.74, 6) is -0.302. The Labute approximate surface area is 132 Å². The maximum atomic E-state index is 10.4. The molecule has 1 saturated carbocycles. The Bertz CT molecular complexity index is 449. The zero-order valence-electron chi connectivity index (χ0n) is 13.3. The molecule has 3 rings (SSSR count). The van der Waals surface area contributed by atoms with E-state index in [0.29, 0.717) is 12.5 Å². The van der Waals surface area contributed by atoms with Crippen LogP contribution in [0.5, 0.6) is 0 Å². The minimum absolute atomic E-state index is 0.0877. The molecule has 1 spiro atoms. The molecule has 2 N–H and O–H groups in total. The SMILES string of the molecule is C[C@@H](NC1CCC2(CC1)OCCO2)[C@@H](O)Cc1ccccc1. The van der Waals surface area contributed by atoms with Gasteiger partial charge in [0.2, 0.25) is 0 Å². The number of ether oxygens (including phenoxy) is 2. The molecule has 4 nitrogen and oxygen atoms in total. The number of rotatable bonds is 5. The van der Waals surface area contributed by atoms with Gasteiger partial charge in [0.1, 0.15) is 0 Å². The van der Waals surface area contributed by atoms with Crippen LogP contribution >= 0.6 is 0 Å². The van der Waals surface area contributed by atoms with Crippen LogP contribution in [-0.4, -0.2) is 42.3 Å². The van der Waals surface area contributed by atoms with Crippen LogP contribution in [0.25, 0.3) is 0 Å². The average Bonchev–Trinajstić information content (AvgIpc) is 2.99. The third-order valence-electron chi connectivity index (χ3n) is 4.92. The molecule has 0 amide bonds. The van der Waals surface area contributed by atoms with Gasteiger partial charge in [0.25, 0.3) is 0 Å². The monoisotopic (exact) mass is 305 g/mol. The van der Waals surface area contributed by atoms with Crippen LogP contribution in [0, 0.1) is 0 Å². The highest BCUT2D eigenvalue weighted by atomic mass is 16.7. The summed E-state index contributed by atoms with van der Waals surface area (Å²) >= 11 is 0. The predicted molar refractivity (Wildman–Crippen MR) is 85.6 cm³/mol. The van der Waals surface area contributed by atoms with Crippen molar-refractivity contribution in [2.24, 2.45) is 0 Å². The van der Waals surface area contributed by atoms with Crippen molar-refractivity contribution in [3.8, 4) is 0 Å². The van der Waals surface area contributed by atoms with Crippen molar-refractivity contribution in [2.45, 2.75) is 63.0 Å². The first kappa shape index (κ1) is 15.9. The van der Waals surface area contributed by atoms with E-state index in [2.05, 4.69) is 24.4 Å². The minimum atomic E-state index is -0.364. The van der Waals surface area contributed by atoms with E-state index in [9.17, 15) is 5.11 Å². The molecule has 1 aromatic rings. The molecule has 2 aliphatic rings. The molecule has 4 heteroatoms. The average molecular weight is 305 g/mol. The van der Waals surface area contributed by atoms with Gasteiger partial charge in [-0.3, -0.25) is 0 Å². The highest BCUT2D eigenvalue weighted by Crippen LogP contribution is 2.35. The van der Waals surface area contributed by atoms with E-state index in [1.807, 2.05) is 18.2 Å². The van der Waals surface area contributed by atoms with Crippen LogP contribution in [0.15, 0.2) is 30.3 Å². The number of hydrogen-bond acceptors (Lipinski definition) is 4. The predicted octanol–water partition coefficient (Wildman–Crippen LogP) is 2.25. The second-order valence-electron chi connectivity index (χ2n) is 6.59. The molecule has 1 saturated heterocycles. The minimum Gasteiger partial charge on any atom is -0.391 e. The molecule has 1 aromatic carbocycles. The van der Waals surface area contributed by atoms with Gasteiger partial charge >= 0.3 is 0 Å². The van der Waals surface area contributed by atoms with Gasteiger partial charge in [-0.15, -0.1) is 0 Å². The summed E-state index contributed by atoms with van der Waals surface area (Å²) < 4.78 is 11.5. The van der Waals surface area contributed by atoms with E-state index in [0.717, 1.165) is 38.9 Å². The highest BCUT2D eigenvalue weighted by Gasteiger charge is 2.40. The Balaban J connectivity index is 1.44. The van der Waals surface area contributed by atoms with E-state index in [4.69, 9.17) is 9.47 Å². The summed E-state index contributed by atoms with van der Waals surface area (Å²) in [5, 5.41) is 14.0. The van der Waals surface area contributed by atoms with Crippen LogP contribution < -0.4 is 5.32 Å². The number of nitrogens with one attached hydrogen (secondary N) is 1. The lowest BCUT2D eigenvalue weighted by Gasteiger charge is -2.37. The van der Waals surface area contributed by atoms with Gasteiger partial charge < -0.3 is 19.9 Å². The molecule has 0 aromatic heterocycles. The van der Waals surface area contributed by atoms with Crippen LogP contribution in [0.4, 0.5) is 0 Å². The zero-order valence-corrected chi connectivity index (χ0v) is 13.3. The van der Waals surface area contributed by atoms with E-state index in [-0.39, 0.29) is 17.9 Å². The largest absolute Gasteiger partial charge is 0.391 e. The Morgan fingerprint density at radius 2 is 1.82 bits per heavy atom. The Hall–Kier alpha value is -0.940. The molecule has 2 atom stereocenters. The summed E-state index contributed by atoms with van der Waals surface area (Å²) in [6, 6.07) is 10.7. The van der Waals surface area contributed by atoms with Crippen LogP contribution in [-0.2, 0) is 15.9 Å². The smallest absolute Gasteiger partial charge is 0.168 e. The fraction of sp³-hybridized carbons (Fsp3) is 0.667. The number of benzene rings is 1. The maximum absolute atomic E-state index is 10.4. The van der Waals surface area contributed by atoms with E-state index >= 15 is 0 Å². The molecule has 22 heavy (non-hydrogen) atoms. The van der Waals surface area contributed by atoms with Gasteiger partial charge in [-0.1, -0.05) is 30.3 Å². The number of hydrogen-bond donors (Lipinski definition) is 2. The van der Waals surface area contributed by atoms with Crippen molar-refractivity contribution in [3.63, 3.8) is 0 Å². The lowest BCUT2D eigenvalue weighted by atomic mass is 9.89. The van der Waals surface area contributed by atoms with E-state index < -0.39 is 0 Å². The summed E-state index contributed by atoms with van der Waals surface area (Å²) in [7, 11) is 0. The van der Waals surface area contributed by atoms with Gasteiger partial charge in [0, 0.05) is 24.9 Å². The van der Waals surface area contributed by atoms with Crippen molar-refractivity contribution in [3.05, 3.63) is 35.9 Å². The third kappa shape index (κ3) is 3.87. The highest BCUT2D eigenvalue weighted by molar-refractivity contribution is 5.15. The maximum Gasteiger partial charge on any atom is 0.168 e. The molecule has 1 aliphatic heterocycles. The van der Waals surface area contributed by atoms with Crippen LogP contribution in [0.1, 0.15) is 38.2 Å². The second kappa shape index (κ2) is 7.09. The molecule has 0 unspecified atom stereocenters. The first-order valence-corrected chi connectivity index (χ1v) is 8.43. The number of aliphatic hydroxyl groups excluding tert-OH is 1. The lowest BCUT2D eigenvalue weighted by molar-refractivity contribution is -0.180. The second-order valence-corrected chi connectivity index (χ2v) is 6.59. The molecule has 2 fully saturated rings. The first-order valence-electron chi connectivity index (χ1n) is 8.43. The van der Waals surface area contributed by atoms with Crippen molar-refractivity contribution >= 4 is 0 Å². The summed E-state index contributed by atoms with van der Waals surface area (Å²) in [6.07, 6.45) is 4.32. The zero-order chi connectivity index (χ0) is 15.4. The Morgan fingerprint density at radius 1 is 1.18 bits per heavy atom. The van der Waals surface area contributed by atoms with Gasteiger partial charge in [-0.25, -0.2) is 0 Å². The fourth-order valence-corrected chi connectivity index (χ4v) is 3.53. The molecule has 1 aliphatic carbocycles.